The van der Waals surface area contributed by atoms with Gasteiger partial charge in [0.05, 0.1) is 16.6 Å². The molecular weight excluding hydrogens is 492 g/mol. The zero-order valence-corrected chi connectivity index (χ0v) is 22.6. The second-order valence-corrected chi connectivity index (χ2v) is 11.8. The maximum atomic E-state index is 13.7. The van der Waals surface area contributed by atoms with E-state index in [1.54, 1.807) is 42.5 Å². The Morgan fingerprint density at radius 3 is 2.36 bits per heavy atom. The molecule has 3 aromatic rings. The molecule has 0 unspecified atom stereocenters. The van der Waals surface area contributed by atoms with Crippen LogP contribution < -0.4 is 9.62 Å². The Morgan fingerprint density at radius 1 is 0.972 bits per heavy atom. The number of nitrogens with zero attached hydrogens (tertiary/aromatic N) is 1. The Bertz CT molecular complexity index is 1350. The predicted molar refractivity (Wildman–Crippen MR) is 146 cm³/mol. The Kier molecular flexibility index (Phi) is 8.06. The van der Waals surface area contributed by atoms with E-state index < -0.39 is 10.0 Å². The molecule has 1 aliphatic carbocycles. The average Bonchev–Trinajstić information content (AvgIpc) is 2.87. The molecule has 1 N–H and O–H groups in total. The van der Waals surface area contributed by atoms with Crippen LogP contribution in [0.1, 0.15) is 60.0 Å². The zero-order valence-electron chi connectivity index (χ0n) is 21.1. The molecule has 0 aliphatic heterocycles. The Morgan fingerprint density at radius 2 is 1.67 bits per heavy atom. The zero-order chi connectivity index (χ0) is 25.9. The van der Waals surface area contributed by atoms with Gasteiger partial charge in [0.1, 0.15) is 6.54 Å². The van der Waals surface area contributed by atoms with Crippen LogP contribution in [-0.4, -0.2) is 20.9 Å². The number of halogens is 1. The molecule has 3 aromatic carbocycles. The van der Waals surface area contributed by atoms with Gasteiger partial charge < -0.3 is 5.32 Å². The van der Waals surface area contributed by atoms with Gasteiger partial charge in [-0.15, -0.1) is 0 Å². The number of benzene rings is 3. The number of fused-ring (bicyclic) bond motifs is 1. The van der Waals surface area contributed by atoms with E-state index in [0.717, 1.165) is 28.3 Å². The van der Waals surface area contributed by atoms with Crippen molar-refractivity contribution >= 4 is 33.2 Å². The summed E-state index contributed by atoms with van der Waals surface area (Å²) >= 11 is 6.24. The van der Waals surface area contributed by atoms with Gasteiger partial charge in [-0.25, -0.2) is 8.42 Å². The number of rotatable bonds is 8. The molecule has 5 nitrogen and oxygen atoms in total. The molecule has 36 heavy (non-hydrogen) atoms. The van der Waals surface area contributed by atoms with E-state index in [1.165, 1.54) is 24.0 Å². The maximum Gasteiger partial charge on any atom is 0.264 e. The number of carbonyl (C=O) groups excluding carboxylic acids is 1. The van der Waals surface area contributed by atoms with E-state index in [0.29, 0.717) is 22.7 Å². The van der Waals surface area contributed by atoms with Gasteiger partial charge in [0.2, 0.25) is 5.91 Å². The van der Waals surface area contributed by atoms with E-state index >= 15 is 0 Å². The molecule has 0 aromatic heterocycles. The van der Waals surface area contributed by atoms with Crippen molar-refractivity contribution in [1.29, 1.82) is 0 Å². The fourth-order valence-electron chi connectivity index (χ4n) is 4.75. The van der Waals surface area contributed by atoms with Crippen LogP contribution in [0, 0.1) is 13.8 Å². The van der Waals surface area contributed by atoms with Gasteiger partial charge in [0, 0.05) is 5.02 Å². The summed E-state index contributed by atoms with van der Waals surface area (Å²) in [7, 11) is -4.01. The van der Waals surface area contributed by atoms with Gasteiger partial charge >= 0.3 is 0 Å². The van der Waals surface area contributed by atoms with Crippen LogP contribution in [-0.2, 0) is 27.7 Å². The minimum Gasteiger partial charge on any atom is -0.348 e. The molecule has 4 rings (SSSR count). The van der Waals surface area contributed by atoms with Crippen molar-refractivity contribution in [2.24, 2.45) is 0 Å². The first-order valence-corrected chi connectivity index (χ1v) is 14.3. The quantitative estimate of drug-likeness (QED) is 0.376. The van der Waals surface area contributed by atoms with Crippen LogP contribution in [0.25, 0.3) is 0 Å². The lowest BCUT2D eigenvalue weighted by Crippen LogP contribution is -2.42. The first-order valence-electron chi connectivity index (χ1n) is 12.5. The summed E-state index contributed by atoms with van der Waals surface area (Å²) in [5, 5.41) is 3.48. The van der Waals surface area contributed by atoms with E-state index in [1.807, 2.05) is 20.8 Å². The molecule has 1 aliphatic rings. The van der Waals surface area contributed by atoms with E-state index in [2.05, 4.69) is 23.5 Å². The number of anilines is 1. The summed E-state index contributed by atoms with van der Waals surface area (Å²) in [6, 6.07) is 17.9. The predicted octanol–water partition coefficient (Wildman–Crippen LogP) is 6.30. The average molecular weight is 525 g/mol. The number of carbonyl (C=O) groups is 1. The molecule has 1 amide bonds. The molecule has 0 spiro atoms. The second-order valence-electron chi connectivity index (χ2n) is 9.52. The molecule has 0 saturated carbocycles. The summed E-state index contributed by atoms with van der Waals surface area (Å²) < 4.78 is 28.6. The highest BCUT2D eigenvalue weighted by molar-refractivity contribution is 7.92. The Balaban J connectivity index is 1.63. The van der Waals surface area contributed by atoms with Gasteiger partial charge in [-0.05, 0) is 92.5 Å². The number of sulfonamides is 1. The monoisotopic (exact) mass is 524 g/mol. The fraction of sp³-hybridized carbons (Fsp3) is 0.345. The number of amides is 1. The molecule has 0 radical (unpaired) electrons. The number of aryl methyl sites for hydroxylation is 4. The fourth-order valence-corrected chi connectivity index (χ4v) is 6.39. The van der Waals surface area contributed by atoms with Gasteiger partial charge in [-0.2, -0.15) is 0 Å². The van der Waals surface area contributed by atoms with Crippen LogP contribution in [0.5, 0.6) is 0 Å². The van der Waals surface area contributed by atoms with E-state index in [-0.39, 0.29) is 23.4 Å². The highest BCUT2D eigenvalue weighted by Gasteiger charge is 2.29. The lowest BCUT2D eigenvalue weighted by atomic mass is 9.89. The molecule has 1 atom stereocenters. The first-order chi connectivity index (χ1) is 17.2. The van der Waals surface area contributed by atoms with Crippen molar-refractivity contribution < 1.29 is 13.2 Å². The van der Waals surface area contributed by atoms with Crippen molar-refractivity contribution in [1.82, 2.24) is 5.32 Å². The van der Waals surface area contributed by atoms with E-state index in [4.69, 9.17) is 11.6 Å². The molecule has 0 heterocycles. The summed E-state index contributed by atoms with van der Waals surface area (Å²) in [6.07, 6.45) is 5.26. The molecular formula is C29H33ClN2O3S. The molecule has 0 saturated heterocycles. The largest absolute Gasteiger partial charge is 0.348 e. The minimum absolute atomic E-state index is 0.127. The molecule has 0 bridgehead atoms. The Labute approximate surface area is 219 Å². The highest BCUT2D eigenvalue weighted by Crippen LogP contribution is 2.30. The summed E-state index contributed by atoms with van der Waals surface area (Å²) in [5.41, 5.74) is 5.85. The Hall–Kier alpha value is -2.83. The number of nitrogens with one attached hydrogen (secondary N) is 1. The summed E-state index contributed by atoms with van der Waals surface area (Å²) in [6.45, 7) is 5.38. The maximum absolute atomic E-state index is 13.7. The molecule has 0 fully saturated rings. The van der Waals surface area contributed by atoms with Crippen molar-refractivity contribution in [3.63, 3.8) is 0 Å². The SMILES string of the molecule is CC[C@H](NC(=O)CN(c1cc(Cl)ccc1C)S(=O)(=O)c1ccc(C)cc1)c1ccc2c(c1)CCCC2. The topological polar surface area (TPSA) is 66.5 Å². The van der Waals surface area contributed by atoms with E-state index in [9.17, 15) is 13.2 Å². The lowest BCUT2D eigenvalue weighted by Gasteiger charge is -2.27. The van der Waals surface area contributed by atoms with Crippen molar-refractivity contribution in [2.45, 2.75) is 63.8 Å². The van der Waals surface area contributed by atoms with Gasteiger partial charge in [-0.3, -0.25) is 9.10 Å². The molecule has 7 heteroatoms. The summed E-state index contributed by atoms with van der Waals surface area (Å²) in [5.74, 6) is -0.366. The van der Waals surface area contributed by atoms with Crippen molar-refractivity contribution in [3.8, 4) is 0 Å². The lowest BCUT2D eigenvalue weighted by molar-refractivity contribution is -0.120. The second kappa shape index (κ2) is 11.1. The minimum atomic E-state index is -4.01. The third-order valence-electron chi connectivity index (χ3n) is 6.85. The third-order valence-corrected chi connectivity index (χ3v) is 8.86. The normalized spacial score (nSPS) is 14.1. The van der Waals surface area contributed by atoms with Crippen LogP contribution in [0.3, 0.4) is 0 Å². The van der Waals surface area contributed by atoms with Crippen LogP contribution >= 0.6 is 11.6 Å². The third kappa shape index (κ3) is 5.76. The number of hydrogen-bond donors (Lipinski definition) is 1. The van der Waals surface area contributed by atoms with Crippen molar-refractivity contribution in [2.75, 3.05) is 10.8 Å². The van der Waals surface area contributed by atoms with Gasteiger partial charge in [0.25, 0.3) is 10.0 Å². The summed E-state index contributed by atoms with van der Waals surface area (Å²) in [4.78, 5) is 13.5. The van der Waals surface area contributed by atoms with Crippen LogP contribution in [0.2, 0.25) is 5.02 Å². The van der Waals surface area contributed by atoms with Crippen LogP contribution in [0.15, 0.2) is 65.6 Å². The van der Waals surface area contributed by atoms with Gasteiger partial charge in [-0.1, -0.05) is 60.5 Å². The first kappa shape index (κ1) is 26.2. The van der Waals surface area contributed by atoms with Crippen LogP contribution in [0.4, 0.5) is 5.69 Å². The highest BCUT2D eigenvalue weighted by atomic mass is 35.5. The molecule has 190 valence electrons. The smallest absolute Gasteiger partial charge is 0.264 e. The number of hydrogen-bond acceptors (Lipinski definition) is 3. The van der Waals surface area contributed by atoms with Gasteiger partial charge in [0.15, 0.2) is 0 Å². The van der Waals surface area contributed by atoms with Crippen molar-refractivity contribution in [3.05, 3.63) is 93.5 Å². The standard InChI is InChI=1S/C29H33ClN2O3S/c1-4-27(24-13-12-22-7-5-6-8-23(22)17-24)31-29(33)19-32(28-18-25(30)14-11-21(28)3)36(34,35)26-15-9-20(2)10-16-26/h9-18,27H,4-8,19H2,1-3H3,(H,31,33)/t27-/m0/s1.